The molecular formula is C16H18F2N2S. The normalized spacial score (nSPS) is 12.4. The van der Waals surface area contributed by atoms with Crippen molar-refractivity contribution in [3.63, 3.8) is 0 Å². The molecule has 2 aromatic rings. The molecular weight excluding hydrogens is 290 g/mol. The van der Waals surface area contributed by atoms with Crippen LogP contribution < -0.4 is 5.32 Å². The molecule has 0 aliphatic rings. The summed E-state index contributed by atoms with van der Waals surface area (Å²) < 4.78 is 26.6. The Kier molecular flexibility index (Phi) is 5.70. The SMILES string of the molecule is CCCNC(C)c1ccnc(Sc2ccc(F)cc2F)c1. The molecule has 1 aromatic carbocycles. The van der Waals surface area contributed by atoms with Crippen molar-refractivity contribution >= 4 is 11.8 Å². The van der Waals surface area contributed by atoms with Gasteiger partial charge in [0, 0.05) is 23.2 Å². The van der Waals surface area contributed by atoms with Crippen molar-refractivity contribution in [2.45, 2.75) is 36.2 Å². The first-order valence-electron chi connectivity index (χ1n) is 6.92. The summed E-state index contributed by atoms with van der Waals surface area (Å²) in [6.45, 7) is 5.14. The van der Waals surface area contributed by atoms with Crippen LogP contribution in [0.3, 0.4) is 0 Å². The van der Waals surface area contributed by atoms with Crippen molar-refractivity contribution in [3.05, 3.63) is 53.7 Å². The van der Waals surface area contributed by atoms with Gasteiger partial charge in [0.1, 0.15) is 16.7 Å². The lowest BCUT2D eigenvalue weighted by atomic mass is 10.1. The fourth-order valence-electron chi connectivity index (χ4n) is 1.90. The number of nitrogens with zero attached hydrogens (tertiary/aromatic N) is 1. The van der Waals surface area contributed by atoms with Crippen molar-refractivity contribution < 1.29 is 8.78 Å². The molecule has 112 valence electrons. The van der Waals surface area contributed by atoms with E-state index in [0.717, 1.165) is 24.6 Å². The Bertz CT molecular complexity index is 605. The monoisotopic (exact) mass is 308 g/mol. The van der Waals surface area contributed by atoms with E-state index >= 15 is 0 Å². The van der Waals surface area contributed by atoms with E-state index in [1.807, 2.05) is 12.1 Å². The summed E-state index contributed by atoms with van der Waals surface area (Å²) in [5, 5.41) is 4.10. The van der Waals surface area contributed by atoms with Gasteiger partial charge in [-0.1, -0.05) is 18.7 Å². The van der Waals surface area contributed by atoms with Crippen LogP contribution in [0.4, 0.5) is 8.78 Å². The average molecular weight is 308 g/mol. The molecule has 0 saturated carbocycles. The minimum Gasteiger partial charge on any atom is -0.310 e. The van der Waals surface area contributed by atoms with Gasteiger partial charge in [-0.3, -0.25) is 0 Å². The Morgan fingerprint density at radius 2 is 2.05 bits per heavy atom. The molecule has 0 bridgehead atoms. The van der Waals surface area contributed by atoms with E-state index in [0.29, 0.717) is 9.92 Å². The number of benzene rings is 1. The molecule has 1 aromatic heterocycles. The number of nitrogens with one attached hydrogen (secondary N) is 1. The third kappa shape index (κ3) is 4.51. The summed E-state index contributed by atoms with van der Waals surface area (Å²) in [7, 11) is 0. The van der Waals surface area contributed by atoms with Crippen LogP contribution in [0, 0.1) is 11.6 Å². The van der Waals surface area contributed by atoms with Crippen LogP contribution in [0.25, 0.3) is 0 Å². The minimum absolute atomic E-state index is 0.213. The molecule has 1 N–H and O–H groups in total. The van der Waals surface area contributed by atoms with Crippen molar-refractivity contribution in [2.24, 2.45) is 0 Å². The Morgan fingerprint density at radius 3 is 2.76 bits per heavy atom. The average Bonchev–Trinajstić information content (AvgIpc) is 2.48. The predicted octanol–water partition coefficient (Wildman–Crippen LogP) is 4.57. The summed E-state index contributed by atoms with van der Waals surface area (Å²) in [4.78, 5) is 4.61. The number of aromatic nitrogens is 1. The lowest BCUT2D eigenvalue weighted by molar-refractivity contribution is 0.565. The Balaban J connectivity index is 2.13. The molecule has 1 atom stereocenters. The van der Waals surface area contributed by atoms with E-state index in [4.69, 9.17) is 0 Å². The maximum Gasteiger partial charge on any atom is 0.140 e. The van der Waals surface area contributed by atoms with Gasteiger partial charge in [-0.15, -0.1) is 0 Å². The summed E-state index contributed by atoms with van der Waals surface area (Å²) in [6, 6.07) is 7.66. The van der Waals surface area contributed by atoms with E-state index in [9.17, 15) is 8.78 Å². The highest BCUT2D eigenvalue weighted by Crippen LogP contribution is 2.30. The van der Waals surface area contributed by atoms with Crippen molar-refractivity contribution in [3.8, 4) is 0 Å². The van der Waals surface area contributed by atoms with Crippen molar-refractivity contribution in [1.29, 1.82) is 0 Å². The quantitative estimate of drug-likeness (QED) is 0.846. The van der Waals surface area contributed by atoms with Gasteiger partial charge >= 0.3 is 0 Å². The highest BCUT2D eigenvalue weighted by molar-refractivity contribution is 7.99. The van der Waals surface area contributed by atoms with E-state index in [1.165, 1.54) is 23.9 Å². The number of hydrogen-bond donors (Lipinski definition) is 1. The largest absolute Gasteiger partial charge is 0.310 e. The predicted molar refractivity (Wildman–Crippen MR) is 81.4 cm³/mol. The lowest BCUT2D eigenvalue weighted by Gasteiger charge is -2.14. The third-order valence-corrected chi connectivity index (χ3v) is 4.05. The zero-order valence-corrected chi connectivity index (χ0v) is 12.9. The van der Waals surface area contributed by atoms with Gasteiger partial charge in [-0.05, 0) is 49.7 Å². The molecule has 0 amide bonds. The lowest BCUT2D eigenvalue weighted by Crippen LogP contribution is -2.19. The minimum atomic E-state index is -0.573. The summed E-state index contributed by atoms with van der Waals surface area (Å²) in [5.41, 5.74) is 1.10. The van der Waals surface area contributed by atoms with Gasteiger partial charge in [-0.2, -0.15) is 0 Å². The van der Waals surface area contributed by atoms with E-state index in [-0.39, 0.29) is 6.04 Å². The van der Waals surface area contributed by atoms with Crippen molar-refractivity contribution in [2.75, 3.05) is 6.54 Å². The van der Waals surface area contributed by atoms with Crippen LogP contribution in [0.2, 0.25) is 0 Å². The molecule has 5 heteroatoms. The molecule has 2 rings (SSSR count). The molecule has 0 fully saturated rings. The fourth-order valence-corrected chi connectivity index (χ4v) is 2.73. The summed E-state index contributed by atoms with van der Waals surface area (Å²) in [6.07, 6.45) is 2.78. The second-order valence-electron chi connectivity index (χ2n) is 4.78. The summed E-state index contributed by atoms with van der Waals surface area (Å²) in [5.74, 6) is -1.14. The first-order valence-corrected chi connectivity index (χ1v) is 7.74. The number of halogens is 2. The Hall–Kier alpha value is -1.46. The molecule has 1 heterocycles. The van der Waals surface area contributed by atoms with Crippen LogP contribution in [-0.2, 0) is 0 Å². The highest BCUT2D eigenvalue weighted by Gasteiger charge is 2.09. The van der Waals surface area contributed by atoms with E-state index < -0.39 is 11.6 Å². The first-order chi connectivity index (χ1) is 10.1. The first kappa shape index (κ1) is 15.9. The van der Waals surface area contributed by atoms with Gasteiger partial charge in [0.2, 0.25) is 0 Å². The Labute approximate surface area is 128 Å². The second kappa shape index (κ2) is 7.52. The van der Waals surface area contributed by atoms with Crippen LogP contribution in [0.1, 0.15) is 31.9 Å². The van der Waals surface area contributed by atoms with Crippen molar-refractivity contribution in [1.82, 2.24) is 10.3 Å². The molecule has 0 aliphatic carbocycles. The van der Waals surface area contributed by atoms with Gasteiger partial charge in [-0.25, -0.2) is 13.8 Å². The van der Waals surface area contributed by atoms with Crippen LogP contribution in [0.5, 0.6) is 0 Å². The molecule has 0 aliphatic heterocycles. The molecule has 21 heavy (non-hydrogen) atoms. The van der Waals surface area contributed by atoms with Gasteiger partial charge in [0.15, 0.2) is 0 Å². The molecule has 0 saturated heterocycles. The zero-order valence-electron chi connectivity index (χ0n) is 12.1. The third-order valence-electron chi connectivity index (χ3n) is 3.07. The molecule has 0 radical (unpaired) electrons. The number of pyridine rings is 1. The van der Waals surface area contributed by atoms with Crippen LogP contribution >= 0.6 is 11.8 Å². The molecule has 1 unspecified atom stereocenters. The number of rotatable bonds is 6. The van der Waals surface area contributed by atoms with Gasteiger partial charge in [0.25, 0.3) is 0 Å². The molecule has 0 spiro atoms. The maximum absolute atomic E-state index is 13.7. The highest BCUT2D eigenvalue weighted by atomic mass is 32.2. The van der Waals surface area contributed by atoms with Gasteiger partial charge < -0.3 is 5.32 Å². The zero-order chi connectivity index (χ0) is 15.2. The topological polar surface area (TPSA) is 24.9 Å². The summed E-state index contributed by atoms with van der Waals surface area (Å²) >= 11 is 1.20. The van der Waals surface area contributed by atoms with E-state index in [2.05, 4.69) is 24.1 Å². The second-order valence-corrected chi connectivity index (χ2v) is 5.84. The maximum atomic E-state index is 13.7. The number of hydrogen-bond acceptors (Lipinski definition) is 3. The van der Waals surface area contributed by atoms with E-state index in [1.54, 1.807) is 6.20 Å². The van der Waals surface area contributed by atoms with Crippen LogP contribution in [-0.4, -0.2) is 11.5 Å². The smallest absolute Gasteiger partial charge is 0.140 e. The Morgan fingerprint density at radius 1 is 1.24 bits per heavy atom. The molecule has 2 nitrogen and oxygen atoms in total. The van der Waals surface area contributed by atoms with Gasteiger partial charge in [0.05, 0.1) is 0 Å². The van der Waals surface area contributed by atoms with Crippen LogP contribution in [0.15, 0.2) is 46.5 Å². The fraction of sp³-hybridized carbons (Fsp3) is 0.312. The standard InChI is InChI=1S/C16H18F2N2S/c1-3-7-19-11(2)12-6-8-20-16(9-12)21-15-5-4-13(17)10-14(15)18/h4-6,8-11,19H,3,7H2,1-2H3.